The Morgan fingerprint density at radius 1 is 1.15 bits per heavy atom. The molecule has 0 aliphatic carbocycles. The van der Waals surface area contributed by atoms with Crippen LogP contribution in [0.25, 0.3) is 0 Å². The number of nitrogens with one attached hydrogen (secondary N) is 1. The maximum Gasteiger partial charge on any atom is 0.269 e. The lowest BCUT2D eigenvalue weighted by Crippen LogP contribution is -2.33. The molecule has 3 rings (SSSR count). The number of rotatable bonds is 8. The van der Waals surface area contributed by atoms with Gasteiger partial charge in [0.25, 0.3) is 5.91 Å². The summed E-state index contributed by atoms with van der Waals surface area (Å²) >= 11 is 0. The fraction of sp³-hybridized carbons (Fsp3) is 0.333. The number of hydrogen-bond donors (Lipinski definition) is 1. The smallest absolute Gasteiger partial charge is 0.269 e. The first-order chi connectivity index (χ1) is 12.8. The van der Waals surface area contributed by atoms with E-state index in [0.717, 1.165) is 25.1 Å². The fourth-order valence-electron chi connectivity index (χ4n) is 3.04. The number of oxime groups is 1. The molecule has 2 aromatic rings. The highest BCUT2D eigenvalue weighted by atomic mass is 16.6. The molecular weight excluding hydrogens is 326 g/mol. The van der Waals surface area contributed by atoms with E-state index in [1.807, 2.05) is 48.5 Å². The highest BCUT2D eigenvalue weighted by Gasteiger charge is 2.26. The third-order valence-corrected chi connectivity index (χ3v) is 4.50. The van der Waals surface area contributed by atoms with Crippen LogP contribution in [0.5, 0.6) is 0 Å². The van der Waals surface area contributed by atoms with Crippen molar-refractivity contribution < 1.29 is 9.63 Å². The maximum absolute atomic E-state index is 12.3. The molecule has 0 radical (unpaired) electrons. The molecule has 0 fully saturated rings. The summed E-state index contributed by atoms with van der Waals surface area (Å²) < 4.78 is 0. The number of benzene rings is 2. The quantitative estimate of drug-likeness (QED) is 0.740. The number of carbonyl (C=O) groups is 1. The molecule has 0 aromatic heterocycles. The van der Waals surface area contributed by atoms with E-state index in [1.165, 1.54) is 5.69 Å². The molecule has 0 spiro atoms. The van der Waals surface area contributed by atoms with E-state index in [4.69, 9.17) is 4.84 Å². The summed E-state index contributed by atoms with van der Waals surface area (Å²) in [5.41, 5.74) is 2.72. The molecular formula is C21H25N3O2. The minimum absolute atomic E-state index is 0.133. The Labute approximate surface area is 154 Å². The molecule has 5 heteroatoms. The van der Waals surface area contributed by atoms with Gasteiger partial charge < -0.3 is 15.1 Å². The zero-order valence-corrected chi connectivity index (χ0v) is 15.1. The van der Waals surface area contributed by atoms with E-state index in [2.05, 4.69) is 34.4 Å². The van der Waals surface area contributed by atoms with Gasteiger partial charge in [-0.25, -0.2) is 0 Å². The molecule has 1 aliphatic rings. The average Bonchev–Trinajstić information content (AvgIpc) is 3.20. The van der Waals surface area contributed by atoms with Gasteiger partial charge in [-0.1, -0.05) is 53.7 Å². The van der Waals surface area contributed by atoms with E-state index < -0.39 is 0 Å². The van der Waals surface area contributed by atoms with Gasteiger partial charge in [0.1, 0.15) is 5.71 Å². The average molecular weight is 351 g/mol. The molecule has 1 aliphatic heterocycles. The Morgan fingerprint density at radius 2 is 1.85 bits per heavy atom. The number of amides is 1. The van der Waals surface area contributed by atoms with Crippen LogP contribution >= 0.6 is 0 Å². The van der Waals surface area contributed by atoms with Crippen LogP contribution in [0, 0.1) is 0 Å². The summed E-state index contributed by atoms with van der Waals surface area (Å²) in [6.45, 7) is 4.60. The van der Waals surface area contributed by atoms with Gasteiger partial charge in [-0.05, 0) is 31.0 Å². The van der Waals surface area contributed by atoms with Gasteiger partial charge in [0.05, 0.1) is 0 Å². The van der Waals surface area contributed by atoms with Crippen LogP contribution in [0.15, 0.2) is 65.8 Å². The normalized spacial score (nSPS) is 15.9. The summed E-state index contributed by atoms with van der Waals surface area (Å²) in [5, 5.41) is 6.92. The van der Waals surface area contributed by atoms with Gasteiger partial charge in [-0.15, -0.1) is 0 Å². The fourth-order valence-corrected chi connectivity index (χ4v) is 3.04. The lowest BCUT2D eigenvalue weighted by Gasteiger charge is -2.23. The van der Waals surface area contributed by atoms with Crippen molar-refractivity contribution in [3.63, 3.8) is 0 Å². The van der Waals surface area contributed by atoms with Crippen LogP contribution < -0.4 is 10.2 Å². The SMILES string of the molecule is CCN(CCCNC(=O)C1=NOC(c2ccccc2)C1)c1ccccc1. The largest absolute Gasteiger partial charge is 0.387 e. The molecule has 1 atom stereocenters. The van der Waals surface area contributed by atoms with Crippen LogP contribution in [0.4, 0.5) is 5.69 Å². The zero-order chi connectivity index (χ0) is 18.2. The van der Waals surface area contributed by atoms with Crippen molar-refractivity contribution in [1.29, 1.82) is 0 Å². The highest BCUT2D eigenvalue weighted by Crippen LogP contribution is 2.26. The van der Waals surface area contributed by atoms with Crippen molar-refractivity contribution in [1.82, 2.24) is 5.32 Å². The lowest BCUT2D eigenvalue weighted by molar-refractivity contribution is -0.114. The number of nitrogens with zero attached hydrogens (tertiary/aromatic N) is 2. The second-order valence-corrected chi connectivity index (χ2v) is 6.27. The molecule has 2 aromatic carbocycles. The second kappa shape index (κ2) is 9.04. The Hall–Kier alpha value is -2.82. The molecule has 136 valence electrons. The Kier molecular flexibility index (Phi) is 6.25. The topological polar surface area (TPSA) is 53.9 Å². The van der Waals surface area contributed by atoms with Gasteiger partial charge in [0, 0.05) is 31.7 Å². The van der Waals surface area contributed by atoms with Crippen molar-refractivity contribution in [2.45, 2.75) is 25.9 Å². The van der Waals surface area contributed by atoms with Crippen molar-refractivity contribution in [3.05, 3.63) is 66.2 Å². The van der Waals surface area contributed by atoms with Crippen LogP contribution in [0.2, 0.25) is 0 Å². The second-order valence-electron chi connectivity index (χ2n) is 6.27. The molecule has 26 heavy (non-hydrogen) atoms. The molecule has 0 bridgehead atoms. The highest BCUT2D eigenvalue weighted by molar-refractivity contribution is 6.39. The summed E-state index contributed by atoms with van der Waals surface area (Å²) in [4.78, 5) is 20.0. The Morgan fingerprint density at radius 3 is 2.54 bits per heavy atom. The van der Waals surface area contributed by atoms with Crippen LogP contribution in [-0.2, 0) is 9.63 Å². The van der Waals surface area contributed by atoms with Crippen molar-refractivity contribution in [3.8, 4) is 0 Å². The third-order valence-electron chi connectivity index (χ3n) is 4.50. The van der Waals surface area contributed by atoms with E-state index in [1.54, 1.807) is 0 Å². The van der Waals surface area contributed by atoms with Gasteiger partial charge in [0.2, 0.25) is 0 Å². The standard InChI is InChI=1S/C21H25N3O2/c1-2-24(18-12-7-4-8-13-18)15-9-14-22-21(25)19-16-20(26-23-19)17-10-5-3-6-11-17/h3-8,10-13,20H,2,9,14-16H2,1H3,(H,22,25). The first-order valence-corrected chi connectivity index (χ1v) is 9.13. The van der Waals surface area contributed by atoms with E-state index in [-0.39, 0.29) is 12.0 Å². The predicted molar refractivity (Wildman–Crippen MR) is 104 cm³/mol. The van der Waals surface area contributed by atoms with Crippen LogP contribution in [0.3, 0.4) is 0 Å². The molecule has 0 saturated carbocycles. The van der Waals surface area contributed by atoms with Crippen molar-refractivity contribution in [2.24, 2.45) is 5.16 Å². The molecule has 1 unspecified atom stereocenters. The summed E-state index contributed by atoms with van der Waals surface area (Å²) in [5.74, 6) is -0.133. The molecule has 1 amide bonds. The maximum atomic E-state index is 12.3. The minimum Gasteiger partial charge on any atom is -0.387 e. The Balaban J connectivity index is 1.41. The lowest BCUT2D eigenvalue weighted by atomic mass is 10.0. The van der Waals surface area contributed by atoms with Gasteiger partial charge in [0.15, 0.2) is 6.10 Å². The monoisotopic (exact) mass is 351 g/mol. The summed E-state index contributed by atoms with van der Waals surface area (Å²) in [6, 6.07) is 20.2. The first-order valence-electron chi connectivity index (χ1n) is 9.13. The number of para-hydroxylation sites is 1. The summed E-state index contributed by atoms with van der Waals surface area (Å²) in [7, 11) is 0. The van der Waals surface area contributed by atoms with Crippen LogP contribution in [-0.4, -0.2) is 31.3 Å². The minimum atomic E-state index is -0.161. The predicted octanol–water partition coefficient (Wildman–Crippen LogP) is 3.54. The van der Waals surface area contributed by atoms with Crippen LogP contribution in [0.1, 0.15) is 31.4 Å². The number of hydrogen-bond acceptors (Lipinski definition) is 4. The Bertz CT molecular complexity index is 731. The number of anilines is 1. The van der Waals surface area contributed by atoms with Gasteiger partial charge in [-0.3, -0.25) is 4.79 Å². The van der Waals surface area contributed by atoms with Gasteiger partial charge in [-0.2, -0.15) is 0 Å². The molecule has 5 nitrogen and oxygen atoms in total. The van der Waals surface area contributed by atoms with Crippen molar-refractivity contribution in [2.75, 3.05) is 24.5 Å². The molecule has 1 heterocycles. The van der Waals surface area contributed by atoms with Gasteiger partial charge >= 0.3 is 0 Å². The van der Waals surface area contributed by atoms with E-state index in [9.17, 15) is 4.79 Å². The molecule has 1 N–H and O–H groups in total. The molecule has 0 saturated heterocycles. The van der Waals surface area contributed by atoms with E-state index >= 15 is 0 Å². The van der Waals surface area contributed by atoms with Crippen molar-refractivity contribution >= 4 is 17.3 Å². The number of carbonyl (C=O) groups excluding carboxylic acids is 1. The summed E-state index contributed by atoms with van der Waals surface area (Å²) in [6.07, 6.45) is 1.23. The first kappa shape index (κ1) is 18.0. The zero-order valence-electron chi connectivity index (χ0n) is 15.1. The van der Waals surface area contributed by atoms with E-state index in [0.29, 0.717) is 18.7 Å². The third kappa shape index (κ3) is 4.63.